The second kappa shape index (κ2) is 4.72. The van der Waals surface area contributed by atoms with Crippen LogP contribution in [0.15, 0.2) is 18.3 Å². The fourth-order valence-corrected chi connectivity index (χ4v) is 1.09. The maximum absolute atomic E-state index is 10.7. The van der Waals surface area contributed by atoms with Gasteiger partial charge in [0.1, 0.15) is 0 Å². The standard InChI is InChI=1S/C10H14N2O2/c1-12(2)6-4-9-7-8(10(13)14)3-5-11-9/h3,5,7H,4,6H2,1-2H3,(H,13,14). The maximum atomic E-state index is 10.7. The molecule has 0 saturated heterocycles. The van der Waals surface area contributed by atoms with Crippen molar-refractivity contribution in [1.82, 2.24) is 9.88 Å². The van der Waals surface area contributed by atoms with Crippen molar-refractivity contribution < 1.29 is 9.90 Å². The van der Waals surface area contributed by atoms with Gasteiger partial charge in [-0.25, -0.2) is 4.79 Å². The van der Waals surface area contributed by atoms with Gasteiger partial charge in [0.05, 0.1) is 5.56 Å². The van der Waals surface area contributed by atoms with Gasteiger partial charge in [-0.15, -0.1) is 0 Å². The molecular formula is C10H14N2O2. The van der Waals surface area contributed by atoms with Crippen LogP contribution in [0.5, 0.6) is 0 Å². The molecule has 0 fully saturated rings. The topological polar surface area (TPSA) is 53.4 Å². The largest absolute Gasteiger partial charge is 0.478 e. The van der Waals surface area contributed by atoms with Crippen molar-refractivity contribution in [3.05, 3.63) is 29.6 Å². The van der Waals surface area contributed by atoms with Crippen molar-refractivity contribution in [2.24, 2.45) is 0 Å². The Morgan fingerprint density at radius 1 is 1.57 bits per heavy atom. The highest BCUT2D eigenvalue weighted by Crippen LogP contribution is 2.02. The minimum absolute atomic E-state index is 0.300. The van der Waals surface area contributed by atoms with E-state index in [-0.39, 0.29) is 0 Å². The molecule has 0 radical (unpaired) electrons. The fraction of sp³-hybridized carbons (Fsp3) is 0.400. The van der Waals surface area contributed by atoms with Crippen LogP contribution in [0.2, 0.25) is 0 Å². The molecule has 0 aliphatic rings. The summed E-state index contributed by atoms with van der Waals surface area (Å²) in [7, 11) is 3.95. The van der Waals surface area contributed by atoms with Crippen LogP contribution in [0.3, 0.4) is 0 Å². The van der Waals surface area contributed by atoms with Gasteiger partial charge in [0.2, 0.25) is 0 Å². The molecule has 0 aliphatic carbocycles. The quantitative estimate of drug-likeness (QED) is 0.773. The number of rotatable bonds is 4. The number of hydrogen-bond acceptors (Lipinski definition) is 3. The van der Waals surface area contributed by atoms with E-state index < -0.39 is 5.97 Å². The molecule has 1 rings (SSSR count). The van der Waals surface area contributed by atoms with E-state index in [9.17, 15) is 4.79 Å². The summed E-state index contributed by atoms with van der Waals surface area (Å²) >= 11 is 0. The van der Waals surface area contributed by atoms with Crippen LogP contribution in [0, 0.1) is 0 Å². The van der Waals surface area contributed by atoms with Crippen molar-refractivity contribution in [1.29, 1.82) is 0 Å². The molecule has 1 N–H and O–H groups in total. The molecule has 0 amide bonds. The third-order valence-corrected chi connectivity index (χ3v) is 1.88. The van der Waals surface area contributed by atoms with Crippen LogP contribution in [0.1, 0.15) is 16.1 Å². The normalized spacial score (nSPS) is 10.5. The van der Waals surface area contributed by atoms with Gasteiger partial charge in [-0.1, -0.05) is 0 Å². The van der Waals surface area contributed by atoms with Crippen molar-refractivity contribution in [2.75, 3.05) is 20.6 Å². The summed E-state index contributed by atoms with van der Waals surface area (Å²) in [5.74, 6) is -0.904. The number of likely N-dealkylation sites (N-methyl/N-ethyl adjacent to an activating group) is 1. The maximum Gasteiger partial charge on any atom is 0.335 e. The summed E-state index contributed by atoms with van der Waals surface area (Å²) in [4.78, 5) is 16.8. The monoisotopic (exact) mass is 194 g/mol. The predicted molar refractivity (Wildman–Crippen MR) is 53.5 cm³/mol. The summed E-state index contributed by atoms with van der Waals surface area (Å²) in [6.45, 7) is 0.871. The van der Waals surface area contributed by atoms with E-state index in [1.54, 1.807) is 6.07 Å². The van der Waals surface area contributed by atoms with E-state index in [0.29, 0.717) is 5.56 Å². The van der Waals surface area contributed by atoms with Crippen LogP contribution in [-0.2, 0) is 6.42 Å². The highest BCUT2D eigenvalue weighted by molar-refractivity contribution is 5.87. The van der Waals surface area contributed by atoms with Crippen LogP contribution in [-0.4, -0.2) is 41.6 Å². The first kappa shape index (κ1) is 10.7. The van der Waals surface area contributed by atoms with Gasteiger partial charge in [-0.2, -0.15) is 0 Å². The van der Waals surface area contributed by atoms with Gasteiger partial charge < -0.3 is 10.0 Å². The van der Waals surface area contributed by atoms with Crippen LogP contribution >= 0.6 is 0 Å². The summed E-state index contributed by atoms with van der Waals surface area (Å²) in [5.41, 5.74) is 1.12. The predicted octanol–water partition coefficient (Wildman–Crippen LogP) is 0.884. The molecule has 1 heterocycles. The highest BCUT2D eigenvalue weighted by atomic mass is 16.4. The molecule has 0 atom stereocenters. The van der Waals surface area contributed by atoms with E-state index in [1.165, 1.54) is 12.3 Å². The van der Waals surface area contributed by atoms with Crippen LogP contribution < -0.4 is 0 Å². The van der Waals surface area contributed by atoms with Crippen LogP contribution in [0.4, 0.5) is 0 Å². The van der Waals surface area contributed by atoms with E-state index in [2.05, 4.69) is 4.98 Å². The summed E-state index contributed by atoms with van der Waals surface area (Å²) in [6, 6.07) is 3.12. The molecule has 1 aromatic heterocycles. The van der Waals surface area contributed by atoms with Crippen molar-refractivity contribution in [2.45, 2.75) is 6.42 Å². The van der Waals surface area contributed by atoms with Gasteiger partial charge >= 0.3 is 5.97 Å². The van der Waals surface area contributed by atoms with Gasteiger partial charge in [-0.3, -0.25) is 4.98 Å². The SMILES string of the molecule is CN(C)CCc1cc(C(=O)O)ccn1. The lowest BCUT2D eigenvalue weighted by Gasteiger charge is -2.08. The molecule has 0 aliphatic heterocycles. The number of carboxylic acid groups (broad SMARTS) is 1. The smallest absolute Gasteiger partial charge is 0.335 e. The number of aromatic nitrogens is 1. The molecule has 14 heavy (non-hydrogen) atoms. The van der Waals surface area contributed by atoms with E-state index in [1.807, 2.05) is 19.0 Å². The van der Waals surface area contributed by atoms with Gasteiger partial charge in [0.15, 0.2) is 0 Å². The van der Waals surface area contributed by atoms with E-state index >= 15 is 0 Å². The zero-order chi connectivity index (χ0) is 10.6. The van der Waals surface area contributed by atoms with Crippen molar-refractivity contribution >= 4 is 5.97 Å². The Bertz CT molecular complexity index is 324. The average Bonchev–Trinajstić information content (AvgIpc) is 2.15. The molecule has 4 heteroatoms. The third kappa shape index (κ3) is 3.14. The number of pyridine rings is 1. The minimum atomic E-state index is -0.904. The Balaban J connectivity index is 2.69. The lowest BCUT2D eigenvalue weighted by atomic mass is 10.2. The average molecular weight is 194 g/mol. The molecule has 76 valence electrons. The molecule has 0 spiro atoms. The number of nitrogens with zero attached hydrogens (tertiary/aromatic N) is 2. The first-order chi connectivity index (χ1) is 6.59. The number of hydrogen-bond donors (Lipinski definition) is 1. The van der Waals surface area contributed by atoms with E-state index in [4.69, 9.17) is 5.11 Å². The van der Waals surface area contributed by atoms with Gasteiger partial charge in [-0.05, 0) is 26.2 Å². The number of carboxylic acids is 1. The van der Waals surface area contributed by atoms with Gasteiger partial charge in [0, 0.05) is 24.9 Å². The second-order valence-electron chi connectivity index (χ2n) is 3.39. The Morgan fingerprint density at radius 2 is 2.29 bits per heavy atom. The molecule has 0 aromatic carbocycles. The molecule has 0 saturated carbocycles. The third-order valence-electron chi connectivity index (χ3n) is 1.88. The summed E-state index contributed by atoms with van der Waals surface area (Å²) in [6.07, 6.45) is 2.31. The van der Waals surface area contributed by atoms with E-state index in [0.717, 1.165) is 18.7 Å². The zero-order valence-corrected chi connectivity index (χ0v) is 8.40. The minimum Gasteiger partial charge on any atom is -0.478 e. The fourth-order valence-electron chi connectivity index (χ4n) is 1.09. The molecule has 0 bridgehead atoms. The lowest BCUT2D eigenvalue weighted by molar-refractivity contribution is 0.0696. The van der Waals surface area contributed by atoms with Crippen molar-refractivity contribution in [3.63, 3.8) is 0 Å². The molecule has 4 nitrogen and oxygen atoms in total. The number of carbonyl (C=O) groups is 1. The van der Waals surface area contributed by atoms with Crippen LogP contribution in [0.25, 0.3) is 0 Å². The zero-order valence-electron chi connectivity index (χ0n) is 8.40. The summed E-state index contributed by atoms with van der Waals surface area (Å²) < 4.78 is 0. The Kier molecular flexibility index (Phi) is 3.59. The Morgan fingerprint density at radius 3 is 2.86 bits per heavy atom. The number of aromatic carboxylic acids is 1. The molecular weight excluding hydrogens is 180 g/mol. The first-order valence-electron chi connectivity index (χ1n) is 4.42. The Labute approximate surface area is 83.2 Å². The molecule has 1 aromatic rings. The second-order valence-corrected chi connectivity index (χ2v) is 3.39. The highest BCUT2D eigenvalue weighted by Gasteiger charge is 2.03. The van der Waals surface area contributed by atoms with Gasteiger partial charge in [0.25, 0.3) is 0 Å². The summed E-state index contributed by atoms with van der Waals surface area (Å²) in [5, 5.41) is 8.75. The lowest BCUT2D eigenvalue weighted by Crippen LogP contribution is -2.15. The molecule has 0 unspecified atom stereocenters. The van der Waals surface area contributed by atoms with Crippen molar-refractivity contribution in [3.8, 4) is 0 Å². The Hall–Kier alpha value is -1.42. The first-order valence-corrected chi connectivity index (χ1v) is 4.42.